The van der Waals surface area contributed by atoms with Crippen molar-refractivity contribution in [1.29, 1.82) is 0 Å². The minimum atomic E-state index is -1.05. The number of hydrogen-bond acceptors (Lipinski definition) is 6. The van der Waals surface area contributed by atoms with Crippen LogP contribution in [-0.2, 0) is 30.4 Å². The zero-order valence-corrected chi connectivity index (χ0v) is 22.6. The molecule has 39 heavy (non-hydrogen) atoms. The lowest BCUT2D eigenvalue weighted by Crippen LogP contribution is -2.52. The third-order valence-electron chi connectivity index (χ3n) is 7.29. The Hall–Kier alpha value is -3.68. The van der Waals surface area contributed by atoms with Gasteiger partial charge in [-0.05, 0) is 35.2 Å². The molecule has 0 radical (unpaired) electrons. The van der Waals surface area contributed by atoms with E-state index in [1.165, 1.54) is 11.1 Å². The number of rotatable bonds is 9. The molecule has 0 saturated carbocycles. The molecule has 2 heterocycles. The molecule has 2 atom stereocenters. The Morgan fingerprint density at radius 2 is 1.51 bits per heavy atom. The normalized spacial score (nSPS) is 19.5. The van der Waals surface area contributed by atoms with Crippen molar-refractivity contribution in [3.63, 3.8) is 0 Å². The molecule has 0 unspecified atom stereocenters. The van der Waals surface area contributed by atoms with Gasteiger partial charge in [-0.25, -0.2) is 4.79 Å². The van der Waals surface area contributed by atoms with Gasteiger partial charge >= 0.3 is 5.97 Å². The second-order valence-electron chi connectivity index (χ2n) is 10.5. The number of nitrogens with zero attached hydrogens (tertiary/aromatic N) is 2. The highest BCUT2D eigenvalue weighted by atomic mass is 16.8. The molecule has 7 heteroatoms. The fourth-order valence-electron chi connectivity index (χ4n) is 5.22. The highest BCUT2D eigenvalue weighted by Crippen LogP contribution is 2.31. The van der Waals surface area contributed by atoms with Gasteiger partial charge in [0.25, 0.3) is 0 Å². The maximum absolute atomic E-state index is 13.7. The van der Waals surface area contributed by atoms with Crippen molar-refractivity contribution in [3.05, 3.63) is 90.5 Å². The molecule has 2 fully saturated rings. The topological polar surface area (TPSA) is 68.3 Å². The minimum absolute atomic E-state index is 0.0861. The SMILES string of the molecule is CC1(C)OC(=O)[C@@H]([C@H](CCOCc2ccccc2)C(=O)N2CCN(c3ccc(-c4ccccc4)cc3)CC2)O1. The largest absolute Gasteiger partial charge is 0.432 e. The van der Waals surface area contributed by atoms with Crippen molar-refractivity contribution >= 4 is 17.6 Å². The van der Waals surface area contributed by atoms with Gasteiger partial charge in [0.05, 0.1) is 12.5 Å². The first kappa shape index (κ1) is 26.9. The van der Waals surface area contributed by atoms with Crippen LogP contribution in [0.3, 0.4) is 0 Å². The molecule has 0 aromatic heterocycles. The van der Waals surface area contributed by atoms with Gasteiger partial charge in [-0.2, -0.15) is 0 Å². The first-order valence-corrected chi connectivity index (χ1v) is 13.6. The highest BCUT2D eigenvalue weighted by molar-refractivity contribution is 5.88. The van der Waals surface area contributed by atoms with Gasteiger partial charge < -0.3 is 24.0 Å². The zero-order chi connectivity index (χ0) is 27.2. The second kappa shape index (κ2) is 12.0. The fourth-order valence-corrected chi connectivity index (χ4v) is 5.22. The van der Waals surface area contributed by atoms with Gasteiger partial charge in [0.1, 0.15) is 0 Å². The van der Waals surface area contributed by atoms with E-state index in [9.17, 15) is 9.59 Å². The van der Waals surface area contributed by atoms with Crippen molar-refractivity contribution in [3.8, 4) is 11.1 Å². The first-order chi connectivity index (χ1) is 18.9. The second-order valence-corrected chi connectivity index (χ2v) is 10.5. The van der Waals surface area contributed by atoms with E-state index < -0.39 is 23.8 Å². The van der Waals surface area contributed by atoms with Crippen molar-refractivity contribution in [2.75, 3.05) is 37.7 Å². The number of anilines is 1. The molecule has 2 aliphatic rings. The summed E-state index contributed by atoms with van der Waals surface area (Å²) in [6, 6.07) is 28.7. The van der Waals surface area contributed by atoms with E-state index >= 15 is 0 Å². The van der Waals surface area contributed by atoms with Gasteiger partial charge in [0, 0.05) is 52.3 Å². The molecule has 5 rings (SSSR count). The molecule has 0 spiro atoms. The van der Waals surface area contributed by atoms with Crippen LogP contribution in [0.2, 0.25) is 0 Å². The number of carbonyl (C=O) groups is 2. The Morgan fingerprint density at radius 3 is 2.13 bits per heavy atom. The lowest BCUT2D eigenvalue weighted by molar-refractivity contribution is -0.163. The van der Waals surface area contributed by atoms with Gasteiger partial charge in [0.2, 0.25) is 11.7 Å². The number of hydrogen-bond donors (Lipinski definition) is 0. The standard InChI is InChI=1S/C32H36N2O5/c1-32(2)38-29(31(36)39-32)28(17-22-37-23-24-9-5-3-6-10-24)30(35)34-20-18-33(19-21-34)27-15-13-26(14-16-27)25-11-7-4-8-12-25/h3-16,28-29H,17-23H2,1-2H3/t28-,29+/m0/s1. The Labute approximate surface area is 230 Å². The molecule has 1 amide bonds. The van der Waals surface area contributed by atoms with Crippen molar-refractivity contribution in [2.24, 2.45) is 5.92 Å². The molecule has 0 N–H and O–H groups in total. The maximum Gasteiger partial charge on any atom is 0.338 e. The summed E-state index contributed by atoms with van der Waals surface area (Å²) in [6.07, 6.45) is -0.556. The lowest BCUT2D eigenvalue weighted by Gasteiger charge is -2.38. The lowest BCUT2D eigenvalue weighted by atomic mass is 9.96. The number of amides is 1. The van der Waals surface area contributed by atoms with E-state index in [0.717, 1.165) is 24.3 Å². The summed E-state index contributed by atoms with van der Waals surface area (Å²) in [4.78, 5) is 30.5. The van der Waals surface area contributed by atoms with Crippen LogP contribution >= 0.6 is 0 Å². The van der Waals surface area contributed by atoms with Crippen LogP contribution in [0, 0.1) is 5.92 Å². The monoisotopic (exact) mass is 528 g/mol. The van der Waals surface area contributed by atoms with Crippen LogP contribution in [0.1, 0.15) is 25.8 Å². The summed E-state index contributed by atoms with van der Waals surface area (Å²) in [5, 5.41) is 0. The summed E-state index contributed by atoms with van der Waals surface area (Å²) in [7, 11) is 0. The van der Waals surface area contributed by atoms with E-state index in [-0.39, 0.29) is 5.91 Å². The summed E-state index contributed by atoms with van der Waals surface area (Å²) >= 11 is 0. The minimum Gasteiger partial charge on any atom is -0.432 e. The summed E-state index contributed by atoms with van der Waals surface area (Å²) in [5.41, 5.74) is 4.56. The predicted octanol–water partition coefficient (Wildman–Crippen LogP) is 4.90. The fraction of sp³-hybridized carbons (Fsp3) is 0.375. The molecule has 204 valence electrons. The highest BCUT2D eigenvalue weighted by Gasteiger charge is 2.48. The molecule has 2 aliphatic heterocycles. The van der Waals surface area contributed by atoms with Gasteiger partial charge in [0.15, 0.2) is 6.10 Å². The molecular formula is C32H36N2O5. The molecule has 3 aromatic carbocycles. The number of esters is 1. The molecule has 7 nitrogen and oxygen atoms in total. The Kier molecular flexibility index (Phi) is 8.29. The zero-order valence-electron chi connectivity index (χ0n) is 22.6. The molecule has 0 aliphatic carbocycles. The maximum atomic E-state index is 13.7. The van der Waals surface area contributed by atoms with Gasteiger partial charge in [-0.15, -0.1) is 0 Å². The van der Waals surface area contributed by atoms with Crippen LogP contribution < -0.4 is 4.90 Å². The van der Waals surface area contributed by atoms with Crippen LogP contribution in [0.4, 0.5) is 5.69 Å². The van der Waals surface area contributed by atoms with Gasteiger partial charge in [-0.1, -0.05) is 72.8 Å². The Morgan fingerprint density at radius 1 is 0.897 bits per heavy atom. The predicted molar refractivity (Wildman–Crippen MR) is 150 cm³/mol. The third-order valence-corrected chi connectivity index (χ3v) is 7.29. The van der Waals surface area contributed by atoms with Crippen LogP contribution in [0.25, 0.3) is 11.1 Å². The number of ether oxygens (including phenoxy) is 3. The van der Waals surface area contributed by atoms with Crippen LogP contribution in [-0.4, -0.2) is 61.5 Å². The molecule has 0 bridgehead atoms. The average Bonchev–Trinajstić information content (AvgIpc) is 3.25. The van der Waals surface area contributed by atoms with Crippen molar-refractivity contribution < 1.29 is 23.8 Å². The van der Waals surface area contributed by atoms with E-state index in [4.69, 9.17) is 14.2 Å². The molecule has 3 aromatic rings. The molecule has 2 saturated heterocycles. The summed E-state index contributed by atoms with van der Waals surface area (Å²) in [6.45, 7) is 6.76. The Balaban J connectivity index is 1.20. The van der Waals surface area contributed by atoms with Crippen LogP contribution in [0.5, 0.6) is 0 Å². The number of cyclic esters (lactones) is 1. The molecular weight excluding hydrogens is 492 g/mol. The van der Waals surface area contributed by atoms with Crippen molar-refractivity contribution in [1.82, 2.24) is 4.90 Å². The third kappa shape index (κ3) is 6.67. The Bertz CT molecular complexity index is 1240. The van der Waals surface area contributed by atoms with Crippen LogP contribution in [0.15, 0.2) is 84.9 Å². The number of piperazine rings is 1. The smallest absolute Gasteiger partial charge is 0.338 e. The summed E-state index contributed by atoms with van der Waals surface area (Å²) in [5.74, 6) is -2.28. The van der Waals surface area contributed by atoms with E-state index in [1.807, 2.05) is 53.4 Å². The van der Waals surface area contributed by atoms with Crippen molar-refractivity contribution in [2.45, 2.75) is 38.8 Å². The number of carbonyl (C=O) groups excluding carboxylic acids is 2. The van der Waals surface area contributed by atoms with E-state index in [0.29, 0.717) is 32.7 Å². The van der Waals surface area contributed by atoms with E-state index in [1.54, 1.807) is 13.8 Å². The first-order valence-electron chi connectivity index (χ1n) is 13.6. The van der Waals surface area contributed by atoms with Gasteiger partial charge in [-0.3, -0.25) is 4.79 Å². The quantitative estimate of drug-likeness (QED) is 0.291. The van der Waals surface area contributed by atoms with E-state index in [2.05, 4.69) is 41.3 Å². The summed E-state index contributed by atoms with van der Waals surface area (Å²) < 4.78 is 17.2. The average molecular weight is 529 g/mol. The number of benzene rings is 3.